The summed E-state index contributed by atoms with van der Waals surface area (Å²) in [6, 6.07) is 19.4. The van der Waals surface area contributed by atoms with Gasteiger partial charge in [0, 0.05) is 9.60 Å². The molecular weight excluding hydrogens is 306 g/mol. The quantitative estimate of drug-likeness (QED) is 0.404. The Labute approximate surface area is 139 Å². The molecule has 2 aromatic carbocycles. The van der Waals surface area contributed by atoms with E-state index in [1.165, 1.54) is 39.3 Å². The molecule has 0 N–H and O–H groups in total. The third kappa shape index (κ3) is 3.35. The Morgan fingerprint density at radius 2 is 1.82 bits per heavy atom. The van der Waals surface area contributed by atoms with Crippen LogP contribution in [0.1, 0.15) is 24.6 Å². The lowest BCUT2D eigenvalue weighted by Gasteiger charge is -2.05. The van der Waals surface area contributed by atoms with Crippen molar-refractivity contribution in [2.45, 2.75) is 24.7 Å². The molecule has 0 aliphatic rings. The smallest absolute Gasteiger partial charge is 0.110 e. The molecule has 22 heavy (non-hydrogen) atoms. The average Bonchev–Trinajstić information content (AvgIpc) is 2.98. The number of hydrogen-bond acceptors (Lipinski definition) is 3. The van der Waals surface area contributed by atoms with Gasteiger partial charge in [-0.25, -0.2) is 0 Å². The number of nitrogens with zero attached hydrogens (tertiary/aromatic N) is 1. The molecule has 0 spiro atoms. The van der Waals surface area contributed by atoms with Crippen molar-refractivity contribution in [1.82, 2.24) is 0 Å². The Hall–Kier alpha value is -1.76. The van der Waals surface area contributed by atoms with E-state index in [0.717, 1.165) is 10.3 Å². The van der Waals surface area contributed by atoms with Gasteiger partial charge in [0.15, 0.2) is 0 Å². The third-order valence-electron chi connectivity index (χ3n) is 3.58. The van der Waals surface area contributed by atoms with Gasteiger partial charge in [-0.15, -0.1) is 23.1 Å². The minimum atomic E-state index is 0.773. The van der Waals surface area contributed by atoms with Gasteiger partial charge in [0.2, 0.25) is 0 Å². The molecule has 0 aliphatic carbocycles. The molecule has 0 bridgehead atoms. The maximum absolute atomic E-state index is 9.00. The third-order valence-corrected chi connectivity index (χ3v) is 5.70. The second-order valence-corrected chi connectivity index (χ2v) is 7.45. The number of fused-ring (bicyclic) bond motifs is 1. The van der Waals surface area contributed by atoms with Crippen molar-refractivity contribution in [2.75, 3.05) is 5.75 Å². The minimum Gasteiger partial charge on any atom is -0.192 e. The SMILES string of the molecule is CCCCSc1ccc(-c2ccc3sc(C#N)cc3c2)cc1. The van der Waals surface area contributed by atoms with Crippen LogP contribution >= 0.6 is 23.1 Å². The van der Waals surface area contributed by atoms with Crippen LogP contribution in [-0.2, 0) is 0 Å². The van der Waals surface area contributed by atoms with Gasteiger partial charge in [0.05, 0.1) is 0 Å². The number of rotatable bonds is 5. The summed E-state index contributed by atoms with van der Waals surface area (Å²) in [6.07, 6.45) is 2.51. The van der Waals surface area contributed by atoms with Crippen LogP contribution in [0.3, 0.4) is 0 Å². The molecule has 0 radical (unpaired) electrons. The van der Waals surface area contributed by atoms with Crippen molar-refractivity contribution in [1.29, 1.82) is 5.26 Å². The van der Waals surface area contributed by atoms with E-state index in [1.54, 1.807) is 11.3 Å². The van der Waals surface area contributed by atoms with Crippen LogP contribution in [-0.4, -0.2) is 5.75 Å². The molecule has 1 nitrogen and oxygen atoms in total. The molecule has 0 aliphatic heterocycles. The highest BCUT2D eigenvalue weighted by Crippen LogP contribution is 2.31. The zero-order valence-electron chi connectivity index (χ0n) is 12.5. The van der Waals surface area contributed by atoms with Crippen LogP contribution in [0.2, 0.25) is 0 Å². The van der Waals surface area contributed by atoms with Crippen LogP contribution in [0.5, 0.6) is 0 Å². The van der Waals surface area contributed by atoms with E-state index in [4.69, 9.17) is 5.26 Å². The predicted molar refractivity (Wildman–Crippen MR) is 97.6 cm³/mol. The van der Waals surface area contributed by atoms with Crippen LogP contribution < -0.4 is 0 Å². The average molecular weight is 323 g/mol. The van der Waals surface area contributed by atoms with E-state index in [-0.39, 0.29) is 0 Å². The van der Waals surface area contributed by atoms with Gasteiger partial charge in [-0.2, -0.15) is 5.26 Å². The van der Waals surface area contributed by atoms with E-state index in [1.807, 2.05) is 17.8 Å². The maximum atomic E-state index is 9.00. The first-order valence-electron chi connectivity index (χ1n) is 7.47. The van der Waals surface area contributed by atoms with Gasteiger partial charge in [-0.05, 0) is 59.0 Å². The number of unbranched alkanes of at least 4 members (excludes halogenated alkanes) is 1. The van der Waals surface area contributed by atoms with E-state index in [2.05, 4.69) is 55.5 Å². The molecule has 3 heteroatoms. The fourth-order valence-corrected chi connectivity index (χ4v) is 4.19. The summed E-state index contributed by atoms with van der Waals surface area (Å²) >= 11 is 3.47. The monoisotopic (exact) mass is 323 g/mol. The Kier molecular flexibility index (Phi) is 4.82. The molecule has 0 unspecified atom stereocenters. The zero-order valence-corrected chi connectivity index (χ0v) is 14.1. The second kappa shape index (κ2) is 7.00. The second-order valence-electron chi connectivity index (χ2n) is 5.20. The molecule has 0 amide bonds. The zero-order chi connectivity index (χ0) is 15.4. The topological polar surface area (TPSA) is 23.8 Å². The molecule has 1 aromatic heterocycles. The van der Waals surface area contributed by atoms with E-state index in [9.17, 15) is 0 Å². The Bertz CT molecular complexity index is 810. The molecule has 3 rings (SSSR count). The number of thiophene rings is 1. The highest BCUT2D eigenvalue weighted by atomic mass is 32.2. The van der Waals surface area contributed by atoms with E-state index < -0.39 is 0 Å². The summed E-state index contributed by atoms with van der Waals surface area (Å²) in [6.45, 7) is 2.22. The highest BCUT2D eigenvalue weighted by Gasteiger charge is 2.04. The lowest BCUT2D eigenvalue weighted by Crippen LogP contribution is -1.80. The highest BCUT2D eigenvalue weighted by molar-refractivity contribution is 7.99. The number of nitriles is 1. The summed E-state index contributed by atoms with van der Waals surface area (Å²) in [5.74, 6) is 1.19. The molecule has 110 valence electrons. The van der Waals surface area contributed by atoms with Crippen LogP contribution in [0, 0.1) is 11.3 Å². The van der Waals surface area contributed by atoms with Gasteiger partial charge < -0.3 is 0 Å². The molecule has 3 aromatic rings. The molecule has 1 heterocycles. The summed E-state index contributed by atoms with van der Waals surface area (Å²) in [5.41, 5.74) is 2.44. The van der Waals surface area contributed by atoms with Crippen LogP contribution in [0.25, 0.3) is 21.2 Å². The standard InChI is InChI=1S/C19H17NS2/c1-2-3-10-21-17-7-4-14(5-8-17)15-6-9-19-16(11-15)12-18(13-20)22-19/h4-9,11-12H,2-3,10H2,1H3. The van der Waals surface area contributed by atoms with Crippen molar-refractivity contribution in [3.05, 3.63) is 53.4 Å². The van der Waals surface area contributed by atoms with Crippen molar-refractivity contribution < 1.29 is 0 Å². The summed E-state index contributed by atoms with van der Waals surface area (Å²) in [7, 11) is 0. The predicted octanol–water partition coefficient (Wildman–Crippen LogP) is 6.33. The van der Waals surface area contributed by atoms with Gasteiger partial charge in [-0.1, -0.05) is 31.5 Å². The normalized spacial score (nSPS) is 10.7. The van der Waals surface area contributed by atoms with Crippen LogP contribution in [0.4, 0.5) is 0 Å². The Morgan fingerprint density at radius 1 is 1.05 bits per heavy atom. The van der Waals surface area contributed by atoms with Gasteiger partial charge in [-0.3, -0.25) is 0 Å². The largest absolute Gasteiger partial charge is 0.192 e. The fraction of sp³-hybridized carbons (Fsp3) is 0.211. The first-order valence-corrected chi connectivity index (χ1v) is 9.27. The Morgan fingerprint density at radius 3 is 2.55 bits per heavy atom. The van der Waals surface area contributed by atoms with Crippen molar-refractivity contribution in [2.24, 2.45) is 0 Å². The summed E-state index contributed by atoms with van der Waals surface area (Å²) in [4.78, 5) is 2.11. The first kappa shape index (κ1) is 15.1. The molecule has 0 atom stereocenters. The summed E-state index contributed by atoms with van der Waals surface area (Å²) < 4.78 is 1.17. The summed E-state index contributed by atoms with van der Waals surface area (Å²) in [5, 5.41) is 10.2. The van der Waals surface area contributed by atoms with E-state index in [0.29, 0.717) is 0 Å². The van der Waals surface area contributed by atoms with Crippen LogP contribution in [0.15, 0.2) is 53.4 Å². The molecule has 0 saturated heterocycles. The molecule has 0 fully saturated rings. The van der Waals surface area contributed by atoms with Gasteiger partial charge in [0.1, 0.15) is 10.9 Å². The number of benzene rings is 2. The van der Waals surface area contributed by atoms with Crippen molar-refractivity contribution in [3.8, 4) is 17.2 Å². The lowest BCUT2D eigenvalue weighted by molar-refractivity contribution is 0.896. The fourth-order valence-electron chi connectivity index (χ4n) is 2.36. The number of hydrogen-bond donors (Lipinski definition) is 0. The lowest BCUT2D eigenvalue weighted by atomic mass is 10.0. The maximum Gasteiger partial charge on any atom is 0.110 e. The minimum absolute atomic E-state index is 0.773. The molecular formula is C19H17NS2. The van der Waals surface area contributed by atoms with Gasteiger partial charge >= 0.3 is 0 Å². The molecule has 0 saturated carbocycles. The van der Waals surface area contributed by atoms with Crippen molar-refractivity contribution >= 4 is 33.2 Å². The Balaban J connectivity index is 1.82. The first-order chi connectivity index (χ1) is 10.8. The van der Waals surface area contributed by atoms with E-state index >= 15 is 0 Å². The number of thioether (sulfide) groups is 1. The van der Waals surface area contributed by atoms with Crippen molar-refractivity contribution in [3.63, 3.8) is 0 Å². The van der Waals surface area contributed by atoms with Gasteiger partial charge in [0.25, 0.3) is 0 Å².